The molecule has 1 unspecified atom stereocenters. The lowest BCUT2D eigenvalue weighted by Crippen LogP contribution is -2.38. The fourth-order valence-corrected chi connectivity index (χ4v) is 2.35. The Morgan fingerprint density at radius 2 is 2.19 bits per heavy atom. The minimum atomic E-state index is -0.504. The minimum Gasteiger partial charge on any atom is -0.444 e. The van der Waals surface area contributed by atoms with Crippen LogP contribution in [0, 0.1) is 0 Å². The molecule has 0 spiro atoms. The normalized spacial score (nSPS) is 16.8. The molecule has 2 rings (SSSR count). The summed E-state index contributed by atoms with van der Waals surface area (Å²) in [5.41, 5.74) is 0.519. The Labute approximate surface area is 161 Å². The second kappa shape index (κ2) is 9.63. The summed E-state index contributed by atoms with van der Waals surface area (Å²) in [6, 6.07) is 1.90. The maximum atomic E-state index is 11.5. The number of rotatable bonds is 6. The number of carbonyl (C=O) groups is 1. The number of ether oxygens (including phenoxy) is 2. The average molecular weight is 426 g/mol. The SMILES string of the molecule is CC(C)(C)OC(=O)NCCNC1=NCC(OCc2ccncc2Br)C=N1. The summed E-state index contributed by atoms with van der Waals surface area (Å²) >= 11 is 3.44. The van der Waals surface area contributed by atoms with Gasteiger partial charge in [0.25, 0.3) is 0 Å². The number of hydrogen-bond donors (Lipinski definition) is 2. The molecule has 0 radical (unpaired) electrons. The van der Waals surface area contributed by atoms with E-state index in [1.807, 2.05) is 26.8 Å². The number of nitrogens with one attached hydrogen (secondary N) is 2. The van der Waals surface area contributed by atoms with E-state index in [0.717, 1.165) is 10.0 Å². The van der Waals surface area contributed by atoms with Gasteiger partial charge in [-0.15, -0.1) is 0 Å². The standard InChI is InChI=1S/C17H24BrN5O3/c1-17(2,3)26-16(24)21-7-6-20-15-22-8-13(9-23-15)25-11-12-4-5-19-10-14(12)18/h4-5,8,10,13H,6-7,9,11H2,1-3H3,(H,20,23)(H,21,24). The molecule has 1 aromatic heterocycles. The second-order valence-electron chi connectivity index (χ2n) is 6.61. The van der Waals surface area contributed by atoms with Crippen molar-refractivity contribution < 1.29 is 14.3 Å². The van der Waals surface area contributed by atoms with Gasteiger partial charge in [0, 0.05) is 36.2 Å². The van der Waals surface area contributed by atoms with Crippen LogP contribution in [0.3, 0.4) is 0 Å². The predicted molar refractivity (Wildman–Crippen MR) is 104 cm³/mol. The van der Waals surface area contributed by atoms with Crippen LogP contribution in [0.5, 0.6) is 0 Å². The van der Waals surface area contributed by atoms with Crippen LogP contribution in [0.1, 0.15) is 26.3 Å². The van der Waals surface area contributed by atoms with E-state index < -0.39 is 11.7 Å². The van der Waals surface area contributed by atoms with Gasteiger partial charge in [0.2, 0.25) is 5.96 Å². The molecule has 0 saturated heterocycles. The zero-order chi connectivity index (χ0) is 19.0. The number of amides is 1. The van der Waals surface area contributed by atoms with Crippen molar-refractivity contribution >= 4 is 34.2 Å². The first-order valence-electron chi connectivity index (χ1n) is 8.33. The van der Waals surface area contributed by atoms with E-state index in [4.69, 9.17) is 9.47 Å². The molecule has 1 aromatic rings. The van der Waals surface area contributed by atoms with Crippen LogP contribution in [-0.4, -0.2) is 54.6 Å². The molecule has 2 N–H and O–H groups in total. The van der Waals surface area contributed by atoms with Gasteiger partial charge in [0.1, 0.15) is 11.7 Å². The first-order chi connectivity index (χ1) is 12.3. The summed E-state index contributed by atoms with van der Waals surface area (Å²) < 4.78 is 11.9. The van der Waals surface area contributed by atoms with Crippen LogP contribution >= 0.6 is 15.9 Å². The van der Waals surface area contributed by atoms with E-state index in [0.29, 0.717) is 32.2 Å². The second-order valence-corrected chi connectivity index (χ2v) is 7.47. The fourth-order valence-electron chi connectivity index (χ4n) is 1.99. The maximum Gasteiger partial charge on any atom is 0.407 e. The van der Waals surface area contributed by atoms with Crippen molar-refractivity contribution in [2.75, 3.05) is 19.6 Å². The lowest BCUT2D eigenvalue weighted by Gasteiger charge is -2.20. The zero-order valence-corrected chi connectivity index (χ0v) is 16.7. The predicted octanol–water partition coefficient (Wildman–Crippen LogP) is 2.28. The maximum absolute atomic E-state index is 11.5. The van der Waals surface area contributed by atoms with E-state index in [1.54, 1.807) is 18.6 Å². The summed E-state index contributed by atoms with van der Waals surface area (Å²) in [6.45, 7) is 7.34. The molecular formula is C17H24BrN5O3. The highest BCUT2D eigenvalue weighted by atomic mass is 79.9. The molecule has 0 fully saturated rings. The van der Waals surface area contributed by atoms with E-state index in [2.05, 4.69) is 41.5 Å². The largest absolute Gasteiger partial charge is 0.444 e. The number of guanidine groups is 1. The van der Waals surface area contributed by atoms with Gasteiger partial charge < -0.3 is 20.1 Å². The number of pyridine rings is 1. The Hall–Kier alpha value is -2.00. The van der Waals surface area contributed by atoms with Crippen LogP contribution in [-0.2, 0) is 16.1 Å². The number of aromatic nitrogens is 1. The van der Waals surface area contributed by atoms with Crippen molar-refractivity contribution in [3.63, 3.8) is 0 Å². The Bertz CT molecular complexity index is 673. The van der Waals surface area contributed by atoms with Gasteiger partial charge in [-0.25, -0.2) is 14.8 Å². The van der Waals surface area contributed by atoms with Gasteiger partial charge in [-0.3, -0.25) is 4.98 Å². The number of nitrogens with zero attached hydrogens (tertiary/aromatic N) is 3. The van der Waals surface area contributed by atoms with Crippen molar-refractivity contribution in [3.8, 4) is 0 Å². The molecule has 8 nitrogen and oxygen atoms in total. The molecule has 1 aliphatic heterocycles. The molecule has 1 amide bonds. The fraction of sp³-hybridized carbons (Fsp3) is 0.529. The number of halogens is 1. The molecule has 142 valence electrons. The van der Waals surface area contributed by atoms with E-state index in [9.17, 15) is 4.79 Å². The van der Waals surface area contributed by atoms with Gasteiger partial charge in [-0.2, -0.15) is 0 Å². The summed E-state index contributed by atoms with van der Waals surface area (Å²) in [7, 11) is 0. The van der Waals surface area contributed by atoms with Crippen LogP contribution in [0.25, 0.3) is 0 Å². The van der Waals surface area contributed by atoms with Gasteiger partial charge >= 0.3 is 6.09 Å². The third-order valence-electron chi connectivity index (χ3n) is 3.17. The van der Waals surface area contributed by atoms with Crippen molar-refractivity contribution in [1.82, 2.24) is 15.6 Å². The number of hydrogen-bond acceptors (Lipinski definition) is 7. The third-order valence-corrected chi connectivity index (χ3v) is 3.88. The van der Waals surface area contributed by atoms with Crippen molar-refractivity contribution in [3.05, 3.63) is 28.5 Å². The molecule has 0 aromatic carbocycles. The smallest absolute Gasteiger partial charge is 0.407 e. The lowest BCUT2D eigenvalue weighted by atomic mass is 10.2. The Morgan fingerprint density at radius 1 is 1.38 bits per heavy atom. The Balaban J connectivity index is 1.63. The molecule has 0 bridgehead atoms. The van der Waals surface area contributed by atoms with Gasteiger partial charge in [0.15, 0.2) is 0 Å². The summed E-state index contributed by atoms with van der Waals surface area (Å²) in [5, 5.41) is 5.72. The quantitative estimate of drug-likeness (QED) is 0.681. The molecule has 1 atom stereocenters. The Morgan fingerprint density at radius 3 is 2.85 bits per heavy atom. The molecule has 9 heteroatoms. The van der Waals surface area contributed by atoms with Crippen LogP contribution in [0.2, 0.25) is 0 Å². The van der Waals surface area contributed by atoms with E-state index in [1.165, 1.54) is 0 Å². The number of aliphatic imine (C=N–C) groups is 2. The molecule has 2 heterocycles. The molecule has 0 saturated carbocycles. The van der Waals surface area contributed by atoms with Gasteiger partial charge in [0.05, 0.1) is 13.2 Å². The van der Waals surface area contributed by atoms with E-state index >= 15 is 0 Å². The summed E-state index contributed by atoms with van der Waals surface area (Å²) in [5.74, 6) is 0.529. The topological polar surface area (TPSA) is 97.2 Å². The van der Waals surface area contributed by atoms with Crippen LogP contribution < -0.4 is 10.6 Å². The first-order valence-corrected chi connectivity index (χ1v) is 9.12. The third kappa shape index (κ3) is 7.49. The van der Waals surface area contributed by atoms with Crippen molar-refractivity contribution in [2.24, 2.45) is 9.98 Å². The average Bonchev–Trinajstić information content (AvgIpc) is 2.57. The number of alkyl carbamates (subject to hydrolysis) is 1. The van der Waals surface area contributed by atoms with Crippen LogP contribution in [0.4, 0.5) is 4.79 Å². The molecule has 1 aliphatic rings. The van der Waals surface area contributed by atoms with Crippen molar-refractivity contribution in [2.45, 2.75) is 39.1 Å². The summed E-state index contributed by atoms with van der Waals surface area (Å²) in [6.07, 6.45) is 4.58. The highest BCUT2D eigenvalue weighted by Gasteiger charge is 2.16. The first kappa shape index (κ1) is 20.3. The molecule has 26 heavy (non-hydrogen) atoms. The molecular weight excluding hydrogens is 402 g/mol. The van der Waals surface area contributed by atoms with Crippen molar-refractivity contribution in [1.29, 1.82) is 0 Å². The Kier molecular flexibility index (Phi) is 7.52. The van der Waals surface area contributed by atoms with Crippen LogP contribution in [0.15, 0.2) is 32.9 Å². The monoisotopic (exact) mass is 425 g/mol. The number of carbonyl (C=O) groups excluding carboxylic acids is 1. The lowest BCUT2D eigenvalue weighted by molar-refractivity contribution is 0.0529. The zero-order valence-electron chi connectivity index (χ0n) is 15.2. The highest BCUT2D eigenvalue weighted by molar-refractivity contribution is 9.10. The minimum absolute atomic E-state index is 0.166. The van der Waals surface area contributed by atoms with Gasteiger partial charge in [-0.05, 0) is 48.3 Å². The van der Waals surface area contributed by atoms with Gasteiger partial charge in [-0.1, -0.05) is 0 Å². The summed E-state index contributed by atoms with van der Waals surface area (Å²) in [4.78, 5) is 24.1. The highest BCUT2D eigenvalue weighted by Crippen LogP contribution is 2.16. The van der Waals surface area contributed by atoms with E-state index in [-0.39, 0.29) is 6.10 Å². The molecule has 0 aliphatic carbocycles.